The van der Waals surface area contributed by atoms with Crippen LogP contribution in [-0.4, -0.2) is 19.5 Å². The second-order valence-electron chi connectivity index (χ2n) is 4.52. The van der Waals surface area contributed by atoms with Crippen LogP contribution in [0.4, 0.5) is 0 Å². The van der Waals surface area contributed by atoms with Crippen LogP contribution in [0.3, 0.4) is 0 Å². The standard InChI is InChI=1S/C15H10N4O/c20-15-18-12-4-1-2-6-14(12)19(15)10-8-13-11(17-9-10)5-3-7-16-13/h1-9H,(H,18,20). The summed E-state index contributed by atoms with van der Waals surface area (Å²) < 4.78 is 1.61. The van der Waals surface area contributed by atoms with E-state index < -0.39 is 0 Å². The fourth-order valence-electron chi connectivity index (χ4n) is 2.38. The molecule has 0 atom stereocenters. The molecule has 0 fully saturated rings. The number of rotatable bonds is 1. The van der Waals surface area contributed by atoms with Crippen molar-refractivity contribution in [3.05, 3.63) is 65.3 Å². The number of hydrogen-bond acceptors (Lipinski definition) is 3. The molecule has 0 radical (unpaired) electrons. The van der Waals surface area contributed by atoms with E-state index in [0.717, 1.165) is 22.1 Å². The van der Waals surface area contributed by atoms with Gasteiger partial charge in [0.2, 0.25) is 0 Å². The molecule has 3 heterocycles. The number of benzene rings is 1. The number of imidazole rings is 1. The molecule has 0 aliphatic carbocycles. The van der Waals surface area contributed by atoms with E-state index in [1.165, 1.54) is 0 Å². The topological polar surface area (TPSA) is 63.6 Å². The Morgan fingerprint density at radius 3 is 2.85 bits per heavy atom. The number of para-hydroxylation sites is 2. The van der Waals surface area contributed by atoms with E-state index >= 15 is 0 Å². The minimum Gasteiger partial charge on any atom is -0.305 e. The van der Waals surface area contributed by atoms with Crippen molar-refractivity contribution in [3.63, 3.8) is 0 Å². The lowest BCUT2D eigenvalue weighted by Gasteiger charge is -2.04. The van der Waals surface area contributed by atoms with Crippen molar-refractivity contribution in [3.8, 4) is 5.69 Å². The van der Waals surface area contributed by atoms with E-state index in [9.17, 15) is 4.79 Å². The second kappa shape index (κ2) is 4.03. The van der Waals surface area contributed by atoms with Gasteiger partial charge in [-0.2, -0.15) is 0 Å². The molecule has 0 saturated heterocycles. The van der Waals surface area contributed by atoms with Gasteiger partial charge in [0.15, 0.2) is 0 Å². The summed E-state index contributed by atoms with van der Waals surface area (Å²) in [6, 6.07) is 13.2. The number of H-pyrrole nitrogens is 1. The zero-order chi connectivity index (χ0) is 13.5. The molecule has 0 aliphatic heterocycles. The van der Waals surface area contributed by atoms with Gasteiger partial charge >= 0.3 is 5.69 Å². The van der Waals surface area contributed by atoms with Crippen molar-refractivity contribution >= 4 is 22.1 Å². The zero-order valence-electron chi connectivity index (χ0n) is 10.4. The molecule has 4 aromatic rings. The lowest BCUT2D eigenvalue weighted by Crippen LogP contribution is -2.14. The van der Waals surface area contributed by atoms with Gasteiger partial charge in [-0.05, 0) is 30.3 Å². The van der Waals surface area contributed by atoms with Crippen molar-refractivity contribution in [1.82, 2.24) is 19.5 Å². The van der Waals surface area contributed by atoms with Crippen LogP contribution in [0.1, 0.15) is 0 Å². The molecule has 1 N–H and O–H groups in total. The van der Waals surface area contributed by atoms with E-state index in [4.69, 9.17) is 0 Å². The van der Waals surface area contributed by atoms with Crippen LogP contribution in [0.2, 0.25) is 0 Å². The number of aromatic amines is 1. The summed E-state index contributed by atoms with van der Waals surface area (Å²) in [7, 11) is 0. The maximum atomic E-state index is 12.1. The molecule has 0 amide bonds. The van der Waals surface area contributed by atoms with Gasteiger partial charge in [0.25, 0.3) is 0 Å². The Hall–Kier alpha value is -2.95. The van der Waals surface area contributed by atoms with E-state index in [0.29, 0.717) is 5.69 Å². The van der Waals surface area contributed by atoms with Gasteiger partial charge in [0, 0.05) is 6.20 Å². The molecule has 5 nitrogen and oxygen atoms in total. The molecule has 0 unspecified atom stereocenters. The molecular formula is C15H10N4O. The molecule has 20 heavy (non-hydrogen) atoms. The Bertz CT molecular complexity index is 984. The third-order valence-electron chi connectivity index (χ3n) is 3.28. The van der Waals surface area contributed by atoms with Crippen molar-refractivity contribution in [2.24, 2.45) is 0 Å². The van der Waals surface area contributed by atoms with Crippen LogP contribution >= 0.6 is 0 Å². The molecule has 4 rings (SSSR count). The van der Waals surface area contributed by atoms with E-state index in [-0.39, 0.29) is 5.69 Å². The van der Waals surface area contributed by atoms with E-state index in [1.54, 1.807) is 17.0 Å². The lowest BCUT2D eigenvalue weighted by molar-refractivity contribution is 1.01. The van der Waals surface area contributed by atoms with Crippen LogP contribution in [0.25, 0.3) is 27.8 Å². The average molecular weight is 262 g/mol. The Balaban J connectivity index is 2.06. The maximum absolute atomic E-state index is 12.1. The highest BCUT2D eigenvalue weighted by Crippen LogP contribution is 2.17. The zero-order valence-corrected chi connectivity index (χ0v) is 10.4. The first-order chi connectivity index (χ1) is 9.83. The van der Waals surface area contributed by atoms with E-state index in [1.807, 2.05) is 42.5 Å². The van der Waals surface area contributed by atoms with Gasteiger partial charge < -0.3 is 4.98 Å². The number of aromatic nitrogens is 4. The fourth-order valence-corrected chi connectivity index (χ4v) is 2.38. The monoisotopic (exact) mass is 262 g/mol. The number of hydrogen-bond donors (Lipinski definition) is 1. The highest BCUT2D eigenvalue weighted by atomic mass is 16.1. The molecule has 0 bridgehead atoms. The summed E-state index contributed by atoms with van der Waals surface area (Å²) in [6.45, 7) is 0. The summed E-state index contributed by atoms with van der Waals surface area (Å²) >= 11 is 0. The quantitative estimate of drug-likeness (QED) is 0.572. The molecule has 1 aromatic carbocycles. The number of nitrogens with zero attached hydrogens (tertiary/aromatic N) is 3. The third-order valence-corrected chi connectivity index (χ3v) is 3.28. The summed E-state index contributed by atoms with van der Waals surface area (Å²) in [4.78, 5) is 23.6. The van der Waals surface area contributed by atoms with Crippen LogP contribution in [0.15, 0.2) is 59.7 Å². The van der Waals surface area contributed by atoms with Crippen molar-refractivity contribution in [2.75, 3.05) is 0 Å². The van der Waals surface area contributed by atoms with E-state index in [2.05, 4.69) is 15.0 Å². The minimum atomic E-state index is -0.178. The minimum absolute atomic E-state index is 0.178. The second-order valence-corrected chi connectivity index (χ2v) is 4.52. The molecule has 0 saturated carbocycles. The molecule has 0 spiro atoms. The highest BCUT2D eigenvalue weighted by Gasteiger charge is 2.09. The average Bonchev–Trinajstić information content (AvgIpc) is 2.82. The molecule has 96 valence electrons. The Kier molecular flexibility index (Phi) is 2.20. The largest absolute Gasteiger partial charge is 0.331 e. The number of nitrogens with one attached hydrogen (secondary N) is 1. The Morgan fingerprint density at radius 2 is 1.90 bits per heavy atom. The predicted molar refractivity (Wildman–Crippen MR) is 77.0 cm³/mol. The van der Waals surface area contributed by atoms with Gasteiger partial charge in [-0.1, -0.05) is 12.1 Å². The van der Waals surface area contributed by atoms with Crippen LogP contribution in [-0.2, 0) is 0 Å². The van der Waals surface area contributed by atoms with Gasteiger partial charge in [-0.15, -0.1) is 0 Å². The molecule has 0 aliphatic rings. The van der Waals surface area contributed by atoms with Crippen molar-refractivity contribution in [2.45, 2.75) is 0 Å². The lowest BCUT2D eigenvalue weighted by atomic mass is 10.3. The first-order valence-corrected chi connectivity index (χ1v) is 6.24. The maximum Gasteiger partial charge on any atom is 0.331 e. The van der Waals surface area contributed by atoms with Gasteiger partial charge in [0.1, 0.15) is 0 Å². The van der Waals surface area contributed by atoms with Crippen LogP contribution < -0.4 is 5.69 Å². The van der Waals surface area contributed by atoms with Gasteiger partial charge in [-0.25, -0.2) is 4.79 Å². The van der Waals surface area contributed by atoms with Crippen molar-refractivity contribution in [1.29, 1.82) is 0 Å². The van der Waals surface area contributed by atoms with Crippen LogP contribution in [0, 0.1) is 0 Å². The highest BCUT2D eigenvalue weighted by molar-refractivity contribution is 5.80. The molecular weight excluding hydrogens is 252 g/mol. The number of pyridine rings is 2. The molecule has 3 aromatic heterocycles. The normalized spacial score (nSPS) is 11.2. The SMILES string of the molecule is O=c1[nH]c2ccccc2n1-c1cnc2cccnc2c1. The fraction of sp³-hybridized carbons (Fsp3) is 0. The Morgan fingerprint density at radius 1 is 1.00 bits per heavy atom. The molecule has 5 heteroatoms. The smallest absolute Gasteiger partial charge is 0.305 e. The predicted octanol–water partition coefficient (Wildman–Crippen LogP) is 2.26. The first kappa shape index (κ1) is 10.9. The summed E-state index contributed by atoms with van der Waals surface area (Å²) in [5.74, 6) is 0. The third kappa shape index (κ3) is 1.53. The van der Waals surface area contributed by atoms with Gasteiger partial charge in [-0.3, -0.25) is 14.5 Å². The summed E-state index contributed by atoms with van der Waals surface area (Å²) in [5, 5.41) is 0. The van der Waals surface area contributed by atoms with Crippen molar-refractivity contribution < 1.29 is 0 Å². The summed E-state index contributed by atoms with van der Waals surface area (Å²) in [6.07, 6.45) is 3.40. The number of fused-ring (bicyclic) bond motifs is 2. The Labute approximate surface area is 113 Å². The van der Waals surface area contributed by atoms with Crippen LogP contribution in [0.5, 0.6) is 0 Å². The summed E-state index contributed by atoms with van der Waals surface area (Å²) in [5.41, 5.74) is 3.74. The van der Waals surface area contributed by atoms with Gasteiger partial charge in [0.05, 0.1) is 34.0 Å². The first-order valence-electron chi connectivity index (χ1n) is 6.24.